The van der Waals surface area contributed by atoms with Crippen molar-refractivity contribution in [2.75, 3.05) is 11.9 Å². The highest BCUT2D eigenvalue weighted by molar-refractivity contribution is 6.02. The van der Waals surface area contributed by atoms with Crippen LogP contribution in [0.15, 0.2) is 74.9 Å². The number of carbonyl (C=O) groups is 3. The fraction of sp³-hybridized carbons (Fsp3) is 0.300. The summed E-state index contributed by atoms with van der Waals surface area (Å²) in [5.41, 5.74) is -0.533. The van der Waals surface area contributed by atoms with Crippen LogP contribution in [0.4, 0.5) is 5.69 Å². The Bertz CT molecular complexity index is 1710. The van der Waals surface area contributed by atoms with Gasteiger partial charge < -0.3 is 19.8 Å². The van der Waals surface area contributed by atoms with E-state index in [0.717, 1.165) is 34.8 Å². The van der Waals surface area contributed by atoms with E-state index in [1.165, 1.54) is 30.5 Å². The predicted molar refractivity (Wildman–Crippen MR) is 151 cm³/mol. The molecule has 0 atom stereocenters. The van der Waals surface area contributed by atoms with Gasteiger partial charge in [-0.1, -0.05) is 25.0 Å². The lowest BCUT2D eigenvalue weighted by Gasteiger charge is -2.16. The van der Waals surface area contributed by atoms with Gasteiger partial charge in [0, 0.05) is 11.6 Å². The van der Waals surface area contributed by atoms with Gasteiger partial charge in [-0.2, -0.15) is 0 Å². The van der Waals surface area contributed by atoms with Gasteiger partial charge in [-0.15, -0.1) is 0 Å². The molecule has 2 aromatic carbocycles. The maximum Gasteiger partial charge on any atom is 0.340 e. The number of nitrogens with zero attached hydrogens (tertiary/aromatic N) is 2. The van der Waals surface area contributed by atoms with Crippen molar-refractivity contribution in [3.63, 3.8) is 0 Å². The number of fused-ring (bicyclic) bond motifs is 1. The molecule has 212 valence electrons. The third-order valence-electron chi connectivity index (χ3n) is 7.07. The van der Waals surface area contributed by atoms with E-state index in [4.69, 9.17) is 9.15 Å². The number of para-hydroxylation sites is 1. The maximum atomic E-state index is 13.7. The summed E-state index contributed by atoms with van der Waals surface area (Å²) >= 11 is 0. The summed E-state index contributed by atoms with van der Waals surface area (Å²) in [6.45, 7) is 1.21. The van der Waals surface area contributed by atoms with Crippen LogP contribution in [-0.4, -0.2) is 39.6 Å². The van der Waals surface area contributed by atoms with Crippen LogP contribution in [0.1, 0.15) is 59.1 Å². The predicted octanol–water partition coefficient (Wildman–Crippen LogP) is 3.29. The average molecular weight is 559 g/mol. The van der Waals surface area contributed by atoms with Gasteiger partial charge in [0.2, 0.25) is 5.91 Å². The first kappa shape index (κ1) is 27.6. The minimum Gasteiger partial charge on any atom is -0.467 e. The van der Waals surface area contributed by atoms with Crippen molar-refractivity contribution in [2.45, 2.75) is 51.7 Å². The average Bonchev–Trinajstić information content (AvgIpc) is 3.68. The van der Waals surface area contributed by atoms with Crippen molar-refractivity contribution in [3.8, 4) is 0 Å². The van der Waals surface area contributed by atoms with Gasteiger partial charge in [-0.05, 0) is 62.2 Å². The number of esters is 1. The van der Waals surface area contributed by atoms with Crippen molar-refractivity contribution < 1.29 is 23.5 Å². The summed E-state index contributed by atoms with van der Waals surface area (Å²) < 4.78 is 12.6. The lowest BCUT2D eigenvalue weighted by atomic mass is 10.1. The van der Waals surface area contributed by atoms with Crippen molar-refractivity contribution in [2.24, 2.45) is 0 Å². The maximum absolute atomic E-state index is 13.7. The standard InChI is InChI=1S/C30H30N4O7/c1-2-40-29(38)22-11-5-6-12-24(22)32-26(35)18-33-25-16-19(27(36)31-20-8-3-4-9-20)13-14-23(25)28(37)34(30(33)39)17-21-10-7-15-41-21/h5-7,10-16,20H,2-4,8-9,17-18H2,1H3,(H,31,36)(H,32,35). The molecule has 41 heavy (non-hydrogen) atoms. The largest absolute Gasteiger partial charge is 0.467 e. The molecule has 11 nitrogen and oxygen atoms in total. The Kier molecular flexibility index (Phi) is 8.14. The molecule has 5 rings (SSSR count). The van der Waals surface area contributed by atoms with Gasteiger partial charge in [0.25, 0.3) is 11.5 Å². The minimum atomic E-state index is -0.749. The van der Waals surface area contributed by atoms with E-state index in [0.29, 0.717) is 5.76 Å². The van der Waals surface area contributed by atoms with Crippen LogP contribution < -0.4 is 21.9 Å². The van der Waals surface area contributed by atoms with Crippen molar-refractivity contribution in [1.29, 1.82) is 0 Å². The Balaban J connectivity index is 1.54. The zero-order chi connectivity index (χ0) is 28.9. The first-order valence-electron chi connectivity index (χ1n) is 13.5. The molecular weight excluding hydrogens is 528 g/mol. The summed E-state index contributed by atoms with van der Waals surface area (Å²) in [6.07, 6.45) is 5.32. The molecule has 1 aliphatic rings. The van der Waals surface area contributed by atoms with E-state index >= 15 is 0 Å². The number of hydrogen-bond acceptors (Lipinski definition) is 7. The molecule has 2 aromatic heterocycles. The number of amides is 2. The van der Waals surface area contributed by atoms with Gasteiger partial charge in [0.1, 0.15) is 12.3 Å². The van der Waals surface area contributed by atoms with Crippen molar-refractivity contribution in [1.82, 2.24) is 14.5 Å². The van der Waals surface area contributed by atoms with Gasteiger partial charge in [-0.3, -0.25) is 23.5 Å². The quantitative estimate of drug-likeness (QED) is 0.300. The van der Waals surface area contributed by atoms with E-state index in [-0.39, 0.29) is 52.8 Å². The Morgan fingerprint density at radius 3 is 2.51 bits per heavy atom. The molecule has 4 aromatic rings. The molecule has 2 amide bonds. The highest BCUT2D eigenvalue weighted by Gasteiger charge is 2.22. The van der Waals surface area contributed by atoms with E-state index in [2.05, 4.69) is 10.6 Å². The zero-order valence-corrected chi connectivity index (χ0v) is 22.6. The molecule has 2 N–H and O–H groups in total. The monoisotopic (exact) mass is 558 g/mol. The Morgan fingerprint density at radius 1 is 1.00 bits per heavy atom. The smallest absolute Gasteiger partial charge is 0.340 e. The second kappa shape index (κ2) is 12.1. The summed E-state index contributed by atoms with van der Waals surface area (Å²) in [4.78, 5) is 65.7. The number of aromatic nitrogens is 2. The topological polar surface area (TPSA) is 142 Å². The summed E-state index contributed by atoms with van der Waals surface area (Å²) in [5, 5.41) is 5.84. The number of nitrogens with one attached hydrogen (secondary N) is 2. The van der Waals surface area contributed by atoms with Crippen molar-refractivity contribution >= 4 is 34.4 Å². The number of carbonyl (C=O) groups excluding carboxylic acids is 3. The lowest BCUT2D eigenvalue weighted by molar-refractivity contribution is -0.116. The number of ether oxygens (including phenoxy) is 1. The third-order valence-corrected chi connectivity index (χ3v) is 7.07. The van der Waals surface area contributed by atoms with E-state index in [1.807, 2.05) is 0 Å². The fourth-order valence-corrected chi connectivity index (χ4v) is 5.06. The SMILES string of the molecule is CCOC(=O)c1ccccc1NC(=O)Cn1c(=O)n(Cc2ccco2)c(=O)c2ccc(C(=O)NC3CCCC3)cc21. The molecule has 0 saturated heterocycles. The first-order chi connectivity index (χ1) is 19.9. The van der Waals surface area contributed by atoms with Gasteiger partial charge in [0.05, 0.1) is 41.6 Å². The molecule has 1 fully saturated rings. The molecule has 0 unspecified atom stereocenters. The molecule has 1 saturated carbocycles. The van der Waals surface area contributed by atoms with Crippen LogP contribution in [0.5, 0.6) is 0 Å². The van der Waals surface area contributed by atoms with Crippen LogP contribution in [0.2, 0.25) is 0 Å². The second-order valence-electron chi connectivity index (χ2n) is 9.84. The molecule has 11 heteroatoms. The van der Waals surface area contributed by atoms with Crippen LogP contribution in [0.3, 0.4) is 0 Å². The van der Waals surface area contributed by atoms with E-state index < -0.39 is 29.7 Å². The molecule has 1 aliphatic carbocycles. The van der Waals surface area contributed by atoms with E-state index in [9.17, 15) is 24.0 Å². The second-order valence-corrected chi connectivity index (χ2v) is 9.84. The first-order valence-corrected chi connectivity index (χ1v) is 13.5. The Labute approximate surface area is 234 Å². The number of anilines is 1. The highest BCUT2D eigenvalue weighted by atomic mass is 16.5. The molecule has 2 heterocycles. The van der Waals surface area contributed by atoms with Crippen molar-refractivity contribution in [3.05, 3.63) is 98.6 Å². The number of hydrogen-bond donors (Lipinski definition) is 2. The Hall–Kier alpha value is -4.93. The normalized spacial score (nSPS) is 13.3. The summed E-state index contributed by atoms with van der Waals surface area (Å²) in [7, 11) is 0. The molecular formula is C30H30N4O7. The molecule has 0 aliphatic heterocycles. The minimum absolute atomic E-state index is 0.0759. The lowest BCUT2D eigenvalue weighted by Crippen LogP contribution is -2.42. The molecule has 0 radical (unpaired) electrons. The Morgan fingerprint density at radius 2 is 1.78 bits per heavy atom. The van der Waals surface area contributed by atoms with Crippen LogP contribution in [-0.2, 0) is 22.6 Å². The zero-order valence-electron chi connectivity index (χ0n) is 22.6. The molecule has 0 spiro atoms. The number of rotatable bonds is 9. The highest BCUT2D eigenvalue weighted by Crippen LogP contribution is 2.20. The van der Waals surface area contributed by atoms with E-state index in [1.54, 1.807) is 37.3 Å². The summed E-state index contributed by atoms with van der Waals surface area (Å²) in [6, 6.07) is 14.2. The van der Waals surface area contributed by atoms with Crippen LogP contribution >= 0.6 is 0 Å². The van der Waals surface area contributed by atoms with Gasteiger partial charge in [-0.25, -0.2) is 9.59 Å². The third kappa shape index (κ3) is 5.98. The number of furan rings is 1. The number of benzene rings is 2. The fourth-order valence-electron chi connectivity index (χ4n) is 5.06. The van der Waals surface area contributed by atoms with Crippen LogP contribution in [0.25, 0.3) is 10.9 Å². The molecule has 0 bridgehead atoms. The van der Waals surface area contributed by atoms with Gasteiger partial charge in [0.15, 0.2) is 0 Å². The summed E-state index contributed by atoms with van der Waals surface area (Å²) in [5.74, 6) is -1.15. The van der Waals surface area contributed by atoms with Crippen LogP contribution in [0, 0.1) is 0 Å². The van der Waals surface area contributed by atoms with Gasteiger partial charge >= 0.3 is 11.7 Å².